The standard InChI is InChI=1S/C21H40O5/c1-2-3-4-11-14-19(26-18-17-21(24)25)15-12-9-7-5-6-8-10-13-16-20(22)23/h19H,2-18H2,1H3,(H,22,23)(H,24,25). The van der Waals surface area contributed by atoms with E-state index in [1.54, 1.807) is 0 Å². The number of hydrogen-bond donors (Lipinski definition) is 2. The average Bonchev–Trinajstić information content (AvgIpc) is 2.59. The molecule has 0 radical (unpaired) electrons. The summed E-state index contributed by atoms with van der Waals surface area (Å²) in [4.78, 5) is 21.1. The normalized spacial score (nSPS) is 12.2. The van der Waals surface area contributed by atoms with E-state index in [1.165, 1.54) is 51.4 Å². The molecule has 0 bridgehead atoms. The zero-order valence-electron chi connectivity index (χ0n) is 16.7. The van der Waals surface area contributed by atoms with Crippen molar-refractivity contribution >= 4 is 11.9 Å². The molecule has 0 aromatic carbocycles. The highest BCUT2D eigenvalue weighted by Gasteiger charge is 2.10. The van der Waals surface area contributed by atoms with Crippen LogP contribution >= 0.6 is 0 Å². The molecule has 1 atom stereocenters. The minimum Gasteiger partial charge on any atom is -0.481 e. The van der Waals surface area contributed by atoms with Crippen molar-refractivity contribution in [1.82, 2.24) is 0 Å². The van der Waals surface area contributed by atoms with Gasteiger partial charge in [0.2, 0.25) is 0 Å². The van der Waals surface area contributed by atoms with Gasteiger partial charge >= 0.3 is 11.9 Å². The molecule has 0 aromatic heterocycles. The van der Waals surface area contributed by atoms with Gasteiger partial charge in [0.15, 0.2) is 0 Å². The van der Waals surface area contributed by atoms with Crippen LogP contribution in [0.25, 0.3) is 0 Å². The van der Waals surface area contributed by atoms with Crippen molar-refractivity contribution in [3.63, 3.8) is 0 Å². The quantitative estimate of drug-likeness (QED) is 0.264. The van der Waals surface area contributed by atoms with Gasteiger partial charge in [-0.2, -0.15) is 0 Å². The highest BCUT2D eigenvalue weighted by atomic mass is 16.5. The van der Waals surface area contributed by atoms with E-state index in [1.807, 2.05) is 0 Å². The second kappa shape index (κ2) is 18.7. The van der Waals surface area contributed by atoms with Crippen LogP contribution in [0.1, 0.15) is 110 Å². The van der Waals surface area contributed by atoms with E-state index in [-0.39, 0.29) is 12.5 Å². The molecule has 154 valence electrons. The summed E-state index contributed by atoms with van der Waals surface area (Å²) in [5, 5.41) is 17.3. The van der Waals surface area contributed by atoms with Gasteiger partial charge in [-0.1, -0.05) is 77.6 Å². The summed E-state index contributed by atoms with van der Waals surface area (Å²) in [7, 11) is 0. The van der Waals surface area contributed by atoms with E-state index in [0.717, 1.165) is 38.5 Å². The molecule has 5 heteroatoms. The topological polar surface area (TPSA) is 83.8 Å². The molecule has 0 heterocycles. The van der Waals surface area contributed by atoms with Crippen molar-refractivity contribution in [2.45, 2.75) is 116 Å². The monoisotopic (exact) mass is 372 g/mol. The fraction of sp³-hybridized carbons (Fsp3) is 0.905. The van der Waals surface area contributed by atoms with Crippen molar-refractivity contribution in [2.75, 3.05) is 6.61 Å². The summed E-state index contributed by atoms with van der Waals surface area (Å²) < 4.78 is 5.80. The number of carbonyl (C=O) groups is 2. The van der Waals surface area contributed by atoms with Crippen LogP contribution in [0.15, 0.2) is 0 Å². The highest BCUT2D eigenvalue weighted by Crippen LogP contribution is 2.17. The molecule has 2 N–H and O–H groups in total. The fourth-order valence-electron chi connectivity index (χ4n) is 3.13. The van der Waals surface area contributed by atoms with E-state index in [0.29, 0.717) is 13.0 Å². The minimum atomic E-state index is -0.793. The molecule has 1 unspecified atom stereocenters. The molecular formula is C21H40O5. The Labute approximate surface area is 159 Å². The van der Waals surface area contributed by atoms with Crippen molar-refractivity contribution < 1.29 is 24.5 Å². The molecular weight excluding hydrogens is 332 g/mol. The van der Waals surface area contributed by atoms with Gasteiger partial charge in [0.05, 0.1) is 19.1 Å². The van der Waals surface area contributed by atoms with Crippen molar-refractivity contribution in [2.24, 2.45) is 0 Å². The van der Waals surface area contributed by atoms with E-state index in [4.69, 9.17) is 14.9 Å². The molecule has 0 aliphatic heterocycles. The Morgan fingerprint density at radius 1 is 0.692 bits per heavy atom. The van der Waals surface area contributed by atoms with Crippen LogP contribution in [-0.4, -0.2) is 34.9 Å². The lowest BCUT2D eigenvalue weighted by molar-refractivity contribution is -0.139. The number of carboxylic acids is 2. The van der Waals surface area contributed by atoms with Crippen molar-refractivity contribution in [3.05, 3.63) is 0 Å². The maximum atomic E-state index is 10.6. The maximum absolute atomic E-state index is 10.6. The van der Waals surface area contributed by atoms with Crippen molar-refractivity contribution in [3.8, 4) is 0 Å². The zero-order valence-corrected chi connectivity index (χ0v) is 16.7. The van der Waals surface area contributed by atoms with E-state index < -0.39 is 11.9 Å². The van der Waals surface area contributed by atoms with Crippen LogP contribution in [0.4, 0.5) is 0 Å². The maximum Gasteiger partial charge on any atom is 0.305 e. The molecule has 0 saturated carbocycles. The number of hydrogen-bond acceptors (Lipinski definition) is 3. The Morgan fingerprint density at radius 2 is 1.15 bits per heavy atom. The van der Waals surface area contributed by atoms with E-state index in [9.17, 15) is 9.59 Å². The van der Waals surface area contributed by atoms with Gasteiger partial charge in [-0.05, 0) is 19.3 Å². The molecule has 0 saturated heterocycles. The van der Waals surface area contributed by atoms with Gasteiger partial charge in [0, 0.05) is 6.42 Å². The first-order valence-electron chi connectivity index (χ1n) is 10.6. The number of unbranched alkanes of at least 4 members (excludes halogenated alkanes) is 10. The molecule has 0 aromatic rings. The van der Waals surface area contributed by atoms with Crippen LogP contribution < -0.4 is 0 Å². The van der Waals surface area contributed by atoms with Gasteiger partial charge in [0.1, 0.15) is 0 Å². The Bertz CT molecular complexity index is 343. The predicted octanol–water partition coefficient (Wildman–Crippen LogP) is 5.80. The first kappa shape index (κ1) is 24.9. The summed E-state index contributed by atoms with van der Waals surface area (Å²) in [5.41, 5.74) is 0. The highest BCUT2D eigenvalue weighted by molar-refractivity contribution is 5.66. The Morgan fingerprint density at radius 3 is 1.65 bits per heavy atom. The second-order valence-corrected chi connectivity index (χ2v) is 7.25. The van der Waals surface area contributed by atoms with Gasteiger partial charge < -0.3 is 14.9 Å². The van der Waals surface area contributed by atoms with Crippen LogP contribution in [0.3, 0.4) is 0 Å². The summed E-state index contributed by atoms with van der Waals surface area (Å²) >= 11 is 0. The zero-order chi connectivity index (χ0) is 19.5. The number of aliphatic carboxylic acids is 2. The number of rotatable bonds is 20. The summed E-state index contributed by atoms with van der Waals surface area (Å²) in [5.74, 6) is -1.49. The van der Waals surface area contributed by atoms with Gasteiger partial charge in [-0.3, -0.25) is 9.59 Å². The molecule has 0 spiro atoms. The third-order valence-electron chi connectivity index (χ3n) is 4.72. The lowest BCUT2D eigenvalue weighted by Crippen LogP contribution is -2.15. The van der Waals surface area contributed by atoms with Crippen LogP contribution in [0.5, 0.6) is 0 Å². The Kier molecular flexibility index (Phi) is 17.9. The second-order valence-electron chi connectivity index (χ2n) is 7.25. The fourth-order valence-corrected chi connectivity index (χ4v) is 3.13. The third-order valence-corrected chi connectivity index (χ3v) is 4.72. The Hall–Kier alpha value is -1.10. The van der Waals surface area contributed by atoms with Crippen LogP contribution in [-0.2, 0) is 14.3 Å². The molecule has 0 amide bonds. The number of ether oxygens (including phenoxy) is 1. The molecule has 0 rings (SSSR count). The van der Waals surface area contributed by atoms with Gasteiger partial charge in [-0.25, -0.2) is 0 Å². The first-order valence-corrected chi connectivity index (χ1v) is 10.6. The summed E-state index contributed by atoms with van der Waals surface area (Å²) in [6.45, 7) is 2.52. The first-order chi connectivity index (χ1) is 12.6. The van der Waals surface area contributed by atoms with Gasteiger partial charge in [0.25, 0.3) is 0 Å². The summed E-state index contributed by atoms with van der Waals surface area (Å²) in [6, 6.07) is 0. The number of carboxylic acid groups (broad SMARTS) is 2. The molecule has 5 nitrogen and oxygen atoms in total. The minimum absolute atomic E-state index is 0.0906. The smallest absolute Gasteiger partial charge is 0.305 e. The summed E-state index contributed by atoms with van der Waals surface area (Å²) in [6.07, 6.45) is 16.5. The van der Waals surface area contributed by atoms with Crippen molar-refractivity contribution in [1.29, 1.82) is 0 Å². The van der Waals surface area contributed by atoms with E-state index in [2.05, 4.69) is 6.92 Å². The molecule has 0 aliphatic carbocycles. The molecule has 0 fully saturated rings. The van der Waals surface area contributed by atoms with Crippen LogP contribution in [0, 0.1) is 0 Å². The molecule has 0 aliphatic rings. The van der Waals surface area contributed by atoms with Gasteiger partial charge in [-0.15, -0.1) is 0 Å². The van der Waals surface area contributed by atoms with Crippen LogP contribution in [0.2, 0.25) is 0 Å². The van der Waals surface area contributed by atoms with E-state index >= 15 is 0 Å². The lowest BCUT2D eigenvalue weighted by atomic mass is 10.0. The largest absolute Gasteiger partial charge is 0.481 e. The predicted molar refractivity (Wildman–Crippen MR) is 105 cm³/mol. The SMILES string of the molecule is CCCCCCC(CCCCCCCCCCC(=O)O)OCCC(=O)O. The molecule has 26 heavy (non-hydrogen) atoms. The third kappa shape index (κ3) is 19.2. The average molecular weight is 373 g/mol. The Balaban J connectivity index is 3.66. The lowest BCUT2D eigenvalue weighted by Gasteiger charge is -2.17.